The van der Waals surface area contributed by atoms with E-state index in [0.29, 0.717) is 37.2 Å². The van der Waals surface area contributed by atoms with Gasteiger partial charge in [0.05, 0.1) is 17.6 Å². The smallest absolute Gasteiger partial charge is 0.274 e. The van der Waals surface area contributed by atoms with Crippen LogP contribution in [0.2, 0.25) is 0 Å². The standard InChI is InChI=1S/C16H17BrN4O3/c17-12-3-1-5-18-15(12)24-11-4-7-20(10-11)16(22)13-9-14-21(19-13)6-2-8-23-14/h1,3,5,9,11H,2,4,6-8,10H2/t11-/m0/s1. The Balaban J connectivity index is 1.42. The summed E-state index contributed by atoms with van der Waals surface area (Å²) < 4.78 is 14.0. The van der Waals surface area contributed by atoms with Crippen molar-refractivity contribution < 1.29 is 14.3 Å². The van der Waals surface area contributed by atoms with Crippen LogP contribution in [-0.4, -0.2) is 51.4 Å². The van der Waals surface area contributed by atoms with Crippen molar-refractivity contribution in [2.24, 2.45) is 0 Å². The molecule has 4 heterocycles. The number of ether oxygens (including phenoxy) is 2. The van der Waals surface area contributed by atoms with Crippen molar-refractivity contribution >= 4 is 21.8 Å². The summed E-state index contributed by atoms with van der Waals surface area (Å²) in [6.45, 7) is 2.65. The van der Waals surface area contributed by atoms with E-state index in [1.54, 1.807) is 21.8 Å². The fourth-order valence-electron chi connectivity index (χ4n) is 2.96. The number of pyridine rings is 1. The third-order valence-electron chi connectivity index (χ3n) is 4.16. The minimum Gasteiger partial charge on any atom is -0.478 e. The normalized spacial score (nSPS) is 19.7. The first-order chi connectivity index (χ1) is 11.7. The first kappa shape index (κ1) is 15.4. The second-order valence-electron chi connectivity index (χ2n) is 5.86. The number of carbonyl (C=O) groups is 1. The number of fused-ring (bicyclic) bond motifs is 1. The Bertz CT molecular complexity index is 740. The van der Waals surface area contributed by atoms with Crippen molar-refractivity contribution in [3.05, 3.63) is 34.6 Å². The number of rotatable bonds is 3. The summed E-state index contributed by atoms with van der Waals surface area (Å²) >= 11 is 3.42. The van der Waals surface area contributed by atoms with Crippen LogP contribution >= 0.6 is 15.9 Å². The summed E-state index contributed by atoms with van der Waals surface area (Å²) in [5.74, 6) is 1.16. The molecule has 2 aliphatic heterocycles. The molecule has 126 valence electrons. The van der Waals surface area contributed by atoms with Crippen molar-refractivity contribution in [1.82, 2.24) is 19.7 Å². The van der Waals surface area contributed by atoms with Crippen LogP contribution in [0.15, 0.2) is 28.9 Å². The Hall–Kier alpha value is -2.09. The van der Waals surface area contributed by atoms with Crippen LogP contribution in [0.5, 0.6) is 11.8 Å². The molecule has 0 bridgehead atoms. The zero-order valence-corrected chi connectivity index (χ0v) is 14.6. The van der Waals surface area contributed by atoms with Crippen molar-refractivity contribution in [2.45, 2.75) is 25.5 Å². The second kappa shape index (κ2) is 6.43. The Morgan fingerprint density at radius 1 is 1.42 bits per heavy atom. The van der Waals surface area contributed by atoms with Gasteiger partial charge < -0.3 is 14.4 Å². The zero-order valence-electron chi connectivity index (χ0n) is 13.0. The molecule has 0 N–H and O–H groups in total. The number of aryl methyl sites for hydroxylation is 1. The van der Waals surface area contributed by atoms with Crippen LogP contribution in [0.1, 0.15) is 23.3 Å². The minimum absolute atomic E-state index is 0.0614. The van der Waals surface area contributed by atoms with E-state index in [2.05, 4.69) is 26.0 Å². The quantitative estimate of drug-likeness (QED) is 0.799. The third kappa shape index (κ3) is 2.98. The number of halogens is 1. The molecule has 2 aliphatic rings. The van der Waals surface area contributed by atoms with Gasteiger partial charge in [-0.2, -0.15) is 5.10 Å². The van der Waals surface area contributed by atoms with Crippen LogP contribution in [0.3, 0.4) is 0 Å². The molecule has 1 saturated heterocycles. The van der Waals surface area contributed by atoms with Crippen LogP contribution in [0.4, 0.5) is 0 Å². The summed E-state index contributed by atoms with van der Waals surface area (Å²) in [7, 11) is 0. The summed E-state index contributed by atoms with van der Waals surface area (Å²) in [5, 5.41) is 4.36. The van der Waals surface area contributed by atoms with E-state index in [1.165, 1.54) is 0 Å². The summed E-state index contributed by atoms with van der Waals surface area (Å²) in [6.07, 6.45) is 3.32. The van der Waals surface area contributed by atoms with Gasteiger partial charge in [-0.15, -0.1) is 0 Å². The monoisotopic (exact) mass is 392 g/mol. The van der Waals surface area contributed by atoms with Gasteiger partial charge in [0.25, 0.3) is 5.91 Å². The fraction of sp³-hybridized carbons (Fsp3) is 0.438. The highest BCUT2D eigenvalue weighted by Crippen LogP contribution is 2.25. The largest absolute Gasteiger partial charge is 0.478 e. The van der Waals surface area contributed by atoms with E-state index in [4.69, 9.17) is 9.47 Å². The van der Waals surface area contributed by atoms with E-state index in [1.807, 2.05) is 12.1 Å². The number of amides is 1. The zero-order chi connectivity index (χ0) is 16.5. The van der Waals surface area contributed by atoms with Gasteiger partial charge >= 0.3 is 0 Å². The lowest BCUT2D eigenvalue weighted by Gasteiger charge is -2.16. The van der Waals surface area contributed by atoms with E-state index in [0.717, 1.165) is 23.9 Å². The molecule has 0 saturated carbocycles. The number of carbonyl (C=O) groups excluding carboxylic acids is 1. The molecule has 0 aromatic carbocycles. The molecule has 0 radical (unpaired) electrons. The number of aromatic nitrogens is 3. The molecule has 8 heteroatoms. The van der Waals surface area contributed by atoms with Gasteiger partial charge in [0, 0.05) is 38.2 Å². The lowest BCUT2D eigenvalue weighted by Crippen LogP contribution is -2.31. The third-order valence-corrected chi connectivity index (χ3v) is 4.77. The van der Waals surface area contributed by atoms with Crippen LogP contribution in [-0.2, 0) is 6.54 Å². The molecule has 4 rings (SSSR count). The average Bonchev–Trinajstić information content (AvgIpc) is 3.23. The van der Waals surface area contributed by atoms with Gasteiger partial charge in [-0.25, -0.2) is 9.67 Å². The highest BCUT2D eigenvalue weighted by molar-refractivity contribution is 9.10. The minimum atomic E-state index is -0.0771. The molecule has 1 fully saturated rings. The van der Waals surface area contributed by atoms with Crippen molar-refractivity contribution in [3.63, 3.8) is 0 Å². The first-order valence-electron chi connectivity index (χ1n) is 7.98. The molecule has 2 aromatic rings. The predicted octanol–water partition coefficient (Wildman–Crippen LogP) is 2.12. The summed E-state index contributed by atoms with van der Waals surface area (Å²) in [4.78, 5) is 18.6. The highest BCUT2D eigenvalue weighted by Gasteiger charge is 2.31. The van der Waals surface area contributed by atoms with E-state index >= 15 is 0 Å². The topological polar surface area (TPSA) is 69.5 Å². The predicted molar refractivity (Wildman–Crippen MR) is 89.2 cm³/mol. The molecule has 24 heavy (non-hydrogen) atoms. The average molecular weight is 393 g/mol. The number of nitrogens with zero attached hydrogens (tertiary/aromatic N) is 4. The van der Waals surface area contributed by atoms with Gasteiger partial charge in [-0.3, -0.25) is 4.79 Å². The van der Waals surface area contributed by atoms with Crippen LogP contribution in [0.25, 0.3) is 0 Å². The molecular formula is C16H17BrN4O3. The molecule has 0 spiro atoms. The first-order valence-corrected chi connectivity index (χ1v) is 8.77. The highest BCUT2D eigenvalue weighted by atomic mass is 79.9. The fourth-order valence-corrected chi connectivity index (χ4v) is 3.31. The Labute approximate surface area is 147 Å². The van der Waals surface area contributed by atoms with Crippen LogP contribution < -0.4 is 9.47 Å². The number of likely N-dealkylation sites (tertiary alicyclic amines) is 1. The van der Waals surface area contributed by atoms with Gasteiger partial charge in [0.15, 0.2) is 5.69 Å². The SMILES string of the molecule is O=C(c1cc2n(n1)CCCO2)N1CC[C@H](Oc2ncccc2Br)C1. The maximum atomic E-state index is 12.6. The Morgan fingerprint density at radius 2 is 2.33 bits per heavy atom. The lowest BCUT2D eigenvalue weighted by molar-refractivity contribution is 0.0764. The molecule has 2 aromatic heterocycles. The molecule has 0 unspecified atom stereocenters. The maximum absolute atomic E-state index is 12.6. The van der Waals surface area contributed by atoms with Crippen molar-refractivity contribution in [2.75, 3.05) is 19.7 Å². The molecule has 7 nitrogen and oxygen atoms in total. The Kier molecular flexibility index (Phi) is 4.13. The maximum Gasteiger partial charge on any atom is 0.274 e. The van der Waals surface area contributed by atoms with Gasteiger partial charge in [0.1, 0.15) is 6.10 Å². The molecule has 0 aliphatic carbocycles. The van der Waals surface area contributed by atoms with Gasteiger partial charge in [-0.1, -0.05) is 0 Å². The van der Waals surface area contributed by atoms with Crippen molar-refractivity contribution in [3.8, 4) is 11.8 Å². The van der Waals surface area contributed by atoms with E-state index < -0.39 is 0 Å². The van der Waals surface area contributed by atoms with Crippen molar-refractivity contribution in [1.29, 1.82) is 0 Å². The summed E-state index contributed by atoms with van der Waals surface area (Å²) in [5.41, 5.74) is 0.437. The number of hydrogen-bond acceptors (Lipinski definition) is 5. The van der Waals surface area contributed by atoms with Gasteiger partial charge in [-0.05, 0) is 28.1 Å². The van der Waals surface area contributed by atoms with Crippen LogP contribution in [0, 0.1) is 0 Å². The lowest BCUT2D eigenvalue weighted by atomic mass is 10.3. The summed E-state index contributed by atoms with van der Waals surface area (Å²) in [6, 6.07) is 5.45. The van der Waals surface area contributed by atoms with E-state index in [-0.39, 0.29) is 12.0 Å². The second-order valence-corrected chi connectivity index (χ2v) is 6.72. The molecular weight excluding hydrogens is 376 g/mol. The molecule has 1 amide bonds. The van der Waals surface area contributed by atoms with Gasteiger partial charge in [0.2, 0.25) is 11.8 Å². The Morgan fingerprint density at radius 3 is 3.17 bits per heavy atom. The number of hydrogen-bond donors (Lipinski definition) is 0. The van der Waals surface area contributed by atoms with E-state index in [9.17, 15) is 4.79 Å². The molecule has 1 atom stereocenters.